The summed E-state index contributed by atoms with van der Waals surface area (Å²) in [6.07, 6.45) is 0. The topological polar surface area (TPSA) is 58.9 Å². The Bertz CT molecular complexity index is 850. The molecule has 0 saturated heterocycles. The van der Waals surface area contributed by atoms with Gasteiger partial charge in [-0.2, -0.15) is 0 Å². The SMILES string of the molecule is CC(C)COc1cc(O)c(-c2c(O)cc(OCC(C)C)cc2C(C)(C)C)c(C(C)(C)C)c1. The molecule has 0 saturated carbocycles. The highest BCUT2D eigenvalue weighted by Crippen LogP contribution is 2.49. The quantitative estimate of drug-likeness (QED) is 0.468. The number of phenols is 2. The monoisotopic (exact) mass is 442 g/mol. The van der Waals surface area contributed by atoms with Gasteiger partial charge in [-0.25, -0.2) is 0 Å². The summed E-state index contributed by atoms with van der Waals surface area (Å²) < 4.78 is 11.9. The first-order chi connectivity index (χ1) is 14.6. The zero-order chi connectivity index (χ0) is 24.4. The van der Waals surface area contributed by atoms with Gasteiger partial charge in [-0.1, -0.05) is 69.2 Å². The molecular formula is C28H42O4. The van der Waals surface area contributed by atoms with E-state index in [0.717, 1.165) is 11.1 Å². The van der Waals surface area contributed by atoms with E-state index in [2.05, 4.69) is 69.2 Å². The zero-order valence-corrected chi connectivity index (χ0v) is 21.6. The molecule has 0 amide bonds. The van der Waals surface area contributed by atoms with Crippen LogP contribution in [0.3, 0.4) is 0 Å². The Hall–Kier alpha value is -2.36. The highest BCUT2D eigenvalue weighted by Gasteiger charge is 2.30. The van der Waals surface area contributed by atoms with Crippen molar-refractivity contribution in [2.45, 2.75) is 80.1 Å². The van der Waals surface area contributed by atoms with Crippen LogP contribution >= 0.6 is 0 Å². The van der Waals surface area contributed by atoms with Crippen molar-refractivity contribution in [3.05, 3.63) is 35.4 Å². The number of benzene rings is 2. The van der Waals surface area contributed by atoms with Gasteiger partial charge in [0.2, 0.25) is 0 Å². The van der Waals surface area contributed by atoms with E-state index >= 15 is 0 Å². The summed E-state index contributed by atoms with van der Waals surface area (Å²) in [4.78, 5) is 0. The van der Waals surface area contributed by atoms with E-state index in [1.165, 1.54) is 0 Å². The van der Waals surface area contributed by atoms with Crippen LogP contribution in [0.5, 0.6) is 23.0 Å². The van der Waals surface area contributed by atoms with Crippen molar-refractivity contribution in [1.82, 2.24) is 0 Å². The van der Waals surface area contributed by atoms with Crippen LogP contribution in [0.4, 0.5) is 0 Å². The minimum atomic E-state index is -0.279. The van der Waals surface area contributed by atoms with E-state index in [0.29, 0.717) is 47.7 Å². The van der Waals surface area contributed by atoms with Gasteiger partial charge in [-0.15, -0.1) is 0 Å². The fourth-order valence-electron chi connectivity index (χ4n) is 3.60. The van der Waals surface area contributed by atoms with Crippen molar-refractivity contribution < 1.29 is 19.7 Å². The standard InChI is InChI=1S/C28H42O4/c1-17(2)15-31-19-11-21(27(5,6)7)25(23(29)13-19)26-22(28(8,9)10)12-20(14-24(26)30)32-16-18(3)4/h11-14,17-18,29-30H,15-16H2,1-10H3. The maximum atomic E-state index is 11.2. The first kappa shape index (κ1) is 25.9. The van der Waals surface area contributed by atoms with E-state index in [1.54, 1.807) is 12.1 Å². The Morgan fingerprint density at radius 3 is 1.19 bits per heavy atom. The van der Waals surface area contributed by atoms with Crippen LogP contribution in [0.2, 0.25) is 0 Å². The lowest BCUT2D eigenvalue weighted by molar-refractivity contribution is 0.269. The Balaban J connectivity index is 2.77. The van der Waals surface area contributed by atoms with Crippen molar-refractivity contribution in [1.29, 1.82) is 0 Å². The van der Waals surface area contributed by atoms with Crippen molar-refractivity contribution in [2.75, 3.05) is 13.2 Å². The molecule has 2 aromatic carbocycles. The molecule has 0 aromatic heterocycles. The maximum absolute atomic E-state index is 11.2. The molecule has 0 spiro atoms. The highest BCUT2D eigenvalue weighted by molar-refractivity contribution is 5.84. The summed E-state index contributed by atoms with van der Waals surface area (Å²) in [7, 11) is 0. The van der Waals surface area contributed by atoms with Crippen LogP contribution in [-0.2, 0) is 10.8 Å². The predicted octanol–water partition coefficient (Wildman–Crippen LogP) is 7.43. The van der Waals surface area contributed by atoms with Gasteiger partial charge in [0.1, 0.15) is 23.0 Å². The largest absolute Gasteiger partial charge is 0.507 e. The third-order valence-electron chi connectivity index (χ3n) is 5.21. The Morgan fingerprint density at radius 2 is 0.938 bits per heavy atom. The van der Waals surface area contributed by atoms with Gasteiger partial charge in [0.15, 0.2) is 0 Å². The van der Waals surface area contributed by atoms with E-state index in [4.69, 9.17) is 9.47 Å². The van der Waals surface area contributed by atoms with Gasteiger partial charge in [0, 0.05) is 23.3 Å². The average Bonchev–Trinajstić information content (AvgIpc) is 2.63. The lowest BCUT2D eigenvalue weighted by Crippen LogP contribution is -2.17. The molecule has 2 rings (SSSR count). The second kappa shape index (κ2) is 9.64. The molecule has 0 aliphatic rings. The lowest BCUT2D eigenvalue weighted by atomic mass is 9.76. The number of rotatable bonds is 7. The molecule has 0 bridgehead atoms. The molecule has 4 nitrogen and oxygen atoms in total. The number of hydrogen-bond donors (Lipinski definition) is 2. The molecule has 178 valence electrons. The van der Waals surface area contributed by atoms with Crippen molar-refractivity contribution in [2.24, 2.45) is 11.8 Å². The average molecular weight is 443 g/mol. The molecule has 0 radical (unpaired) electrons. The normalized spacial score (nSPS) is 12.5. The molecule has 2 aromatic rings. The lowest BCUT2D eigenvalue weighted by Gasteiger charge is -2.30. The van der Waals surface area contributed by atoms with Gasteiger partial charge < -0.3 is 19.7 Å². The van der Waals surface area contributed by atoms with Crippen molar-refractivity contribution in [3.63, 3.8) is 0 Å². The fourth-order valence-corrected chi connectivity index (χ4v) is 3.60. The number of aromatic hydroxyl groups is 2. The van der Waals surface area contributed by atoms with Crippen LogP contribution in [-0.4, -0.2) is 23.4 Å². The zero-order valence-electron chi connectivity index (χ0n) is 21.6. The Morgan fingerprint density at radius 1 is 0.625 bits per heavy atom. The number of hydrogen-bond acceptors (Lipinski definition) is 4. The van der Waals surface area contributed by atoms with Crippen LogP contribution in [0, 0.1) is 11.8 Å². The molecule has 0 heterocycles. The summed E-state index contributed by atoms with van der Waals surface area (Å²) >= 11 is 0. The maximum Gasteiger partial charge on any atom is 0.127 e. The second-order valence-corrected chi connectivity index (χ2v) is 11.6. The van der Waals surface area contributed by atoms with Crippen molar-refractivity contribution in [3.8, 4) is 34.1 Å². The summed E-state index contributed by atoms with van der Waals surface area (Å²) in [5, 5.41) is 22.4. The minimum absolute atomic E-state index is 0.104. The minimum Gasteiger partial charge on any atom is -0.507 e. The molecule has 0 aliphatic heterocycles. The predicted molar refractivity (Wildman–Crippen MR) is 133 cm³/mol. The summed E-state index contributed by atoms with van der Waals surface area (Å²) in [5.74, 6) is 2.24. The summed E-state index contributed by atoms with van der Waals surface area (Å²) in [5.41, 5.74) is 2.58. The molecule has 0 aliphatic carbocycles. The Labute approximate surface area is 194 Å². The van der Waals surface area contributed by atoms with E-state index in [9.17, 15) is 10.2 Å². The molecule has 2 N–H and O–H groups in total. The summed E-state index contributed by atoms with van der Waals surface area (Å²) in [6, 6.07) is 7.29. The number of phenolic OH excluding ortho intramolecular Hbond substituents is 2. The third kappa shape index (κ3) is 6.34. The van der Waals surface area contributed by atoms with Crippen LogP contribution in [0.25, 0.3) is 11.1 Å². The van der Waals surface area contributed by atoms with Gasteiger partial charge in [0.25, 0.3) is 0 Å². The van der Waals surface area contributed by atoms with Gasteiger partial charge in [0.05, 0.1) is 13.2 Å². The molecule has 0 unspecified atom stereocenters. The van der Waals surface area contributed by atoms with Gasteiger partial charge in [-0.3, -0.25) is 0 Å². The van der Waals surface area contributed by atoms with Crippen LogP contribution < -0.4 is 9.47 Å². The van der Waals surface area contributed by atoms with Gasteiger partial charge >= 0.3 is 0 Å². The molecule has 32 heavy (non-hydrogen) atoms. The highest BCUT2D eigenvalue weighted by atomic mass is 16.5. The molecule has 0 atom stereocenters. The van der Waals surface area contributed by atoms with Gasteiger partial charge in [-0.05, 0) is 45.9 Å². The first-order valence-electron chi connectivity index (χ1n) is 11.6. The third-order valence-corrected chi connectivity index (χ3v) is 5.21. The van der Waals surface area contributed by atoms with Crippen molar-refractivity contribution >= 4 is 0 Å². The second-order valence-electron chi connectivity index (χ2n) is 11.6. The number of ether oxygens (including phenoxy) is 2. The molecule has 0 fully saturated rings. The smallest absolute Gasteiger partial charge is 0.127 e. The van der Waals surface area contributed by atoms with E-state index in [1.807, 2.05) is 12.1 Å². The summed E-state index contributed by atoms with van der Waals surface area (Å²) in [6.45, 7) is 22.1. The van der Waals surface area contributed by atoms with Crippen LogP contribution in [0.15, 0.2) is 24.3 Å². The Kier molecular flexibility index (Phi) is 7.80. The molecular weight excluding hydrogens is 400 g/mol. The fraction of sp³-hybridized carbons (Fsp3) is 0.571. The molecule has 4 heteroatoms. The van der Waals surface area contributed by atoms with E-state index in [-0.39, 0.29) is 22.3 Å². The van der Waals surface area contributed by atoms with E-state index < -0.39 is 0 Å². The van der Waals surface area contributed by atoms with Crippen LogP contribution in [0.1, 0.15) is 80.4 Å². The first-order valence-corrected chi connectivity index (χ1v) is 11.6.